The Morgan fingerprint density at radius 2 is 1.80 bits per heavy atom. The molecule has 0 unspecified atom stereocenters. The first-order valence-corrected chi connectivity index (χ1v) is 6.22. The lowest BCUT2D eigenvalue weighted by atomic mass is 10.1. The summed E-state index contributed by atoms with van der Waals surface area (Å²) in [5.74, 6) is -2.26. The summed E-state index contributed by atoms with van der Waals surface area (Å²) < 4.78 is 56.4. The lowest BCUT2D eigenvalue weighted by Crippen LogP contribution is -2.38. The summed E-state index contributed by atoms with van der Waals surface area (Å²) in [7, 11) is 0. The topological polar surface area (TPSA) is 29.5 Å². The molecule has 110 valence electrons. The molecule has 2 rings (SSSR count). The van der Waals surface area contributed by atoms with Crippen LogP contribution in [0.15, 0.2) is 18.2 Å². The average Bonchev–Trinajstić information content (AvgIpc) is 2.40. The van der Waals surface area contributed by atoms with E-state index in [2.05, 4.69) is 4.74 Å². The summed E-state index contributed by atoms with van der Waals surface area (Å²) in [4.78, 5) is 13.1. The second-order valence-electron chi connectivity index (χ2n) is 4.53. The first-order chi connectivity index (χ1) is 9.39. The number of hydrogen-bond donors (Lipinski definition) is 0. The molecule has 0 bridgehead atoms. The zero-order valence-corrected chi connectivity index (χ0v) is 10.5. The van der Waals surface area contributed by atoms with Gasteiger partial charge in [0.2, 0.25) is 0 Å². The molecule has 1 fully saturated rings. The van der Waals surface area contributed by atoms with Crippen molar-refractivity contribution in [1.29, 1.82) is 0 Å². The number of alkyl halides is 3. The van der Waals surface area contributed by atoms with Crippen molar-refractivity contribution >= 4 is 6.09 Å². The fraction of sp³-hybridized carbons (Fsp3) is 0.462. The second kappa shape index (κ2) is 5.68. The molecule has 3 nitrogen and oxygen atoms in total. The highest BCUT2D eigenvalue weighted by atomic mass is 19.4. The van der Waals surface area contributed by atoms with Crippen molar-refractivity contribution in [3.8, 4) is 5.75 Å². The van der Waals surface area contributed by atoms with Gasteiger partial charge in [-0.25, -0.2) is 9.18 Å². The summed E-state index contributed by atoms with van der Waals surface area (Å²) in [5.41, 5.74) is -1.29. The fourth-order valence-electron chi connectivity index (χ4n) is 2.06. The lowest BCUT2D eigenvalue weighted by molar-refractivity contribution is -0.138. The number of para-hydroxylation sites is 1. The molecule has 0 N–H and O–H groups in total. The average molecular weight is 291 g/mol. The van der Waals surface area contributed by atoms with Gasteiger partial charge in [-0.3, -0.25) is 0 Å². The third-order valence-corrected chi connectivity index (χ3v) is 3.08. The third kappa shape index (κ3) is 3.20. The highest BCUT2D eigenvalue weighted by Crippen LogP contribution is 2.37. The van der Waals surface area contributed by atoms with Crippen molar-refractivity contribution < 1.29 is 27.1 Å². The van der Waals surface area contributed by atoms with Gasteiger partial charge in [-0.05, 0) is 31.4 Å². The maximum atomic E-state index is 13.5. The number of likely N-dealkylation sites (tertiary alicyclic amines) is 1. The van der Waals surface area contributed by atoms with Crippen LogP contribution in [0.25, 0.3) is 0 Å². The molecule has 20 heavy (non-hydrogen) atoms. The molecule has 0 radical (unpaired) electrons. The van der Waals surface area contributed by atoms with E-state index in [1.165, 1.54) is 4.90 Å². The summed E-state index contributed by atoms with van der Waals surface area (Å²) in [6, 6.07) is 2.44. The van der Waals surface area contributed by atoms with Crippen molar-refractivity contribution in [2.75, 3.05) is 13.1 Å². The quantitative estimate of drug-likeness (QED) is 0.736. The van der Waals surface area contributed by atoms with Gasteiger partial charge in [-0.15, -0.1) is 0 Å². The molecule has 0 aliphatic carbocycles. The Bertz CT molecular complexity index is 496. The van der Waals surface area contributed by atoms with Gasteiger partial charge in [0.25, 0.3) is 0 Å². The van der Waals surface area contributed by atoms with E-state index in [0.29, 0.717) is 19.2 Å². The number of nitrogens with zero attached hydrogens (tertiary/aromatic N) is 1. The van der Waals surface area contributed by atoms with Gasteiger partial charge in [-0.1, -0.05) is 6.07 Å². The van der Waals surface area contributed by atoms with Crippen molar-refractivity contribution in [3.05, 3.63) is 29.6 Å². The third-order valence-electron chi connectivity index (χ3n) is 3.08. The van der Waals surface area contributed by atoms with Gasteiger partial charge < -0.3 is 9.64 Å². The number of rotatable bonds is 1. The van der Waals surface area contributed by atoms with Gasteiger partial charge in [-0.2, -0.15) is 13.2 Å². The largest absolute Gasteiger partial charge is 0.420 e. The van der Waals surface area contributed by atoms with E-state index in [4.69, 9.17) is 0 Å². The fourth-order valence-corrected chi connectivity index (χ4v) is 2.06. The van der Waals surface area contributed by atoms with Crippen LogP contribution in [-0.2, 0) is 6.18 Å². The van der Waals surface area contributed by atoms with E-state index in [0.717, 1.165) is 31.4 Å². The molecular weight excluding hydrogens is 278 g/mol. The highest BCUT2D eigenvalue weighted by molar-refractivity contribution is 5.71. The number of amides is 1. The van der Waals surface area contributed by atoms with E-state index in [9.17, 15) is 22.4 Å². The van der Waals surface area contributed by atoms with Crippen LogP contribution in [0.2, 0.25) is 0 Å². The molecule has 1 amide bonds. The normalized spacial score (nSPS) is 16.1. The van der Waals surface area contributed by atoms with Crippen LogP contribution in [0.3, 0.4) is 0 Å². The van der Waals surface area contributed by atoms with E-state index < -0.39 is 29.4 Å². The van der Waals surface area contributed by atoms with Gasteiger partial charge in [0.1, 0.15) is 5.56 Å². The Morgan fingerprint density at radius 3 is 2.40 bits per heavy atom. The predicted molar refractivity (Wildman–Crippen MR) is 62.9 cm³/mol. The van der Waals surface area contributed by atoms with Crippen molar-refractivity contribution in [2.45, 2.75) is 25.4 Å². The number of carbonyl (C=O) groups excluding carboxylic acids is 1. The number of benzene rings is 1. The van der Waals surface area contributed by atoms with Crippen LogP contribution in [0, 0.1) is 5.82 Å². The monoisotopic (exact) mass is 291 g/mol. The SMILES string of the molecule is O=C(Oc1c(F)cccc1C(F)(F)F)N1CCCCC1. The van der Waals surface area contributed by atoms with E-state index in [-0.39, 0.29) is 0 Å². The molecule has 0 spiro atoms. The number of halogens is 4. The van der Waals surface area contributed by atoms with Gasteiger partial charge in [0.15, 0.2) is 11.6 Å². The molecule has 1 aliphatic heterocycles. The molecule has 1 aromatic rings. The van der Waals surface area contributed by atoms with E-state index in [1.54, 1.807) is 0 Å². The van der Waals surface area contributed by atoms with E-state index in [1.807, 2.05) is 0 Å². The Balaban J connectivity index is 2.22. The summed E-state index contributed by atoms with van der Waals surface area (Å²) in [6.07, 6.45) is -3.24. The summed E-state index contributed by atoms with van der Waals surface area (Å²) in [5, 5.41) is 0. The van der Waals surface area contributed by atoms with Crippen LogP contribution in [0.5, 0.6) is 5.75 Å². The van der Waals surface area contributed by atoms with Crippen LogP contribution in [0.4, 0.5) is 22.4 Å². The maximum Gasteiger partial charge on any atom is 0.420 e. The molecule has 1 aliphatic rings. The number of hydrogen-bond acceptors (Lipinski definition) is 2. The van der Waals surface area contributed by atoms with Crippen molar-refractivity contribution in [1.82, 2.24) is 4.90 Å². The predicted octanol–water partition coefficient (Wildman–Crippen LogP) is 3.83. The molecule has 1 saturated heterocycles. The molecular formula is C13H13F4NO2. The first-order valence-electron chi connectivity index (χ1n) is 6.22. The molecule has 0 aromatic heterocycles. The minimum atomic E-state index is -4.78. The standard InChI is InChI=1S/C13H13F4NO2/c14-10-6-4-5-9(13(15,16)17)11(10)20-12(19)18-7-2-1-3-8-18/h4-6H,1-3,7-8H2. The van der Waals surface area contributed by atoms with Gasteiger partial charge >= 0.3 is 12.3 Å². The zero-order chi connectivity index (χ0) is 14.8. The van der Waals surface area contributed by atoms with Crippen LogP contribution in [-0.4, -0.2) is 24.1 Å². The van der Waals surface area contributed by atoms with Gasteiger partial charge in [0.05, 0.1) is 0 Å². The Hall–Kier alpha value is -1.79. The number of ether oxygens (including phenoxy) is 1. The Morgan fingerprint density at radius 1 is 1.15 bits per heavy atom. The highest BCUT2D eigenvalue weighted by Gasteiger charge is 2.37. The van der Waals surface area contributed by atoms with Crippen molar-refractivity contribution in [2.24, 2.45) is 0 Å². The molecule has 0 saturated carbocycles. The van der Waals surface area contributed by atoms with Crippen LogP contribution in [0.1, 0.15) is 24.8 Å². The summed E-state index contributed by atoms with van der Waals surface area (Å²) in [6.45, 7) is 0.823. The molecule has 1 aromatic carbocycles. The smallest absolute Gasteiger partial charge is 0.406 e. The Kier molecular flexibility index (Phi) is 4.15. The second-order valence-corrected chi connectivity index (χ2v) is 4.53. The lowest BCUT2D eigenvalue weighted by Gasteiger charge is -2.26. The molecule has 7 heteroatoms. The van der Waals surface area contributed by atoms with Crippen molar-refractivity contribution in [3.63, 3.8) is 0 Å². The summed E-state index contributed by atoms with van der Waals surface area (Å²) >= 11 is 0. The molecule has 0 atom stereocenters. The van der Waals surface area contributed by atoms with Crippen LogP contribution >= 0.6 is 0 Å². The zero-order valence-electron chi connectivity index (χ0n) is 10.5. The number of carbonyl (C=O) groups is 1. The minimum absolute atomic E-state index is 0.411. The van der Waals surface area contributed by atoms with Crippen LogP contribution < -0.4 is 4.74 Å². The number of piperidine rings is 1. The van der Waals surface area contributed by atoms with E-state index >= 15 is 0 Å². The maximum absolute atomic E-state index is 13.5. The Labute approximate surface area is 113 Å². The first kappa shape index (κ1) is 14.6. The minimum Gasteiger partial charge on any atom is -0.406 e. The van der Waals surface area contributed by atoms with Gasteiger partial charge in [0, 0.05) is 13.1 Å². The molecule has 1 heterocycles.